The van der Waals surface area contributed by atoms with Crippen LogP contribution in [0, 0.1) is 5.92 Å². The molecule has 1 saturated heterocycles. The van der Waals surface area contributed by atoms with Crippen LogP contribution in [-0.2, 0) is 24.9 Å². The third-order valence-corrected chi connectivity index (χ3v) is 6.95. The summed E-state index contributed by atoms with van der Waals surface area (Å²) in [6.07, 6.45) is 2.20. The van der Waals surface area contributed by atoms with E-state index in [1.807, 2.05) is 66.3 Å². The highest BCUT2D eigenvalue weighted by molar-refractivity contribution is 9.10. The van der Waals surface area contributed by atoms with Crippen LogP contribution in [0.2, 0.25) is 5.02 Å². The highest BCUT2D eigenvalue weighted by Gasteiger charge is 2.23. The first-order valence-corrected chi connectivity index (χ1v) is 11.8. The maximum absolute atomic E-state index is 12.8. The summed E-state index contributed by atoms with van der Waals surface area (Å²) in [5, 5.41) is 0.746. The molecule has 2 heterocycles. The Morgan fingerprint density at radius 2 is 1.84 bits per heavy atom. The molecule has 0 spiro atoms. The zero-order chi connectivity index (χ0) is 21.8. The lowest BCUT2D eigenvalue weighted by Gasteiger charge is -2.32. The van der Waals surface area contributed by atoms with E-state index in [1.165, 1.54) is 0 Å². The average molecular weight is 505 g/mol. The highest BCUT2D eigenvalue weighted by Crippen LogP contribution is 2.23. The Morgan fingerprint density at radius 1 is 1.10 bits per heavy atom. The van der Waals surface area contributed by atoms with Crippen LogP contribution < -0.4 is 5.56 Å². The molecule has 3 aromatic rings. The molecule has 31 heavy (non-hydrogen) atoms. The number of halogens is 2. The second kappa shape index (κ2) is 10.2. The Labute approximate surface area is 196 Å². The average Bonchev–Trinajstić information content (AvgIpc) is 2.99. The topological polar surface area (TPSA) is 39.4 Å². The molecule has 7 heteroatoms. The lowest BCUT2D eigenvalue weighted by atomic mass is 9.97. The third-order valence-electron chi connectivity index (χ3n) is 5.92. The fourth-order valence-electron chi connectivity index (χ4n) is 4.14. The second-order valence-corrected chi connectivity index (χ2v) is 9.33. The molecule has 0 bridgehead atoms. The zero-order valence-electron chi connectivity index (χ0n) is 17.6. The number of aromatic nitrogens is 2. The van der Waals surface area contributed by atoms with Gasteiger partial charge >= 0.3 is 0 Å². The van der Waals surface area contributed by atoms with Crippen molar-refractivity contribution in [3.05, 3.63) is 85.7 Å². The largest absolute Gasteiger partial charge is 0.376 e. The summed E-state index contributed by atoms with van der Waals surface area (Å²) < 4.78 is 10.3. The lowest BCUT2D eigenvalue weighted by molar-refractivity contribution is 0.0557. The van der Waals surface area contributed by atoms with Gasteiger partial charge in [0, 0.05) is 25.2 Å². The van der Waals surface area contributed by atoms with Gasteiger partial charge in [-0.25, -0.2) is 4.68 Å². The molecule has 5 nitrogen and oxygen atoms in total. The summed E-state index contributed by atoms with van der Waals surface area (Å²) in [4.78, 5) is 15.2. The standard InChI is InChI=1S/C24H27BrClN3O2/c1-27-22(23(25)24(30)29(27)21-8-3-2-4-9-21)15-28-12-10-18(11-13-28)16-31-17-19-6-5-7-20(26)14-19/h2-9,14,18H,10-13,15-17H2,1H3. The van der Waals surface area contributed by atoms with Crippen LogP contribution in [0.25, 0.3) is 5.69 Å². The van der Waals surface area contributed by atoms with E-state index in [1.54, 1.807) is 4.68 Å². The van der Waals surface area contributed by atoms with E-state index >= 15 is 0 Å². The fraction of sp³-hybridized carbons (Fsp3) is 0.375. The molecule has 4 rings (SSSR count). The Hall–Kier alpha value is -1.86. The Morgan fingerprint density at radius 3 is 2.55 bits per heavy atom. The minimum atomic E-state index is -0.0204. The van der Waals surface area contributed by atoms with Gasteiger partial charge in [-0.3, -0.25) is 14.4 Å². The first-order chi connectivity index (χ1) is 15.0. The number of nitrogens with zero attached hydrogens (tertiary/aromatic N) is 3. The summed E-state index contributed by atoms with van der Waals surface area (Å²) >= 11 is 9.58. The third kappa shape index (κ3) is 5.32. The van der Waals surface area contributed by atoms with Gasteiger partial charge in [-0.15, -0.1) is 0 Å². The molecule has 0 atom stereocenters. The minimum Gasteiger partial charge on any atom is -0.376 e. The first-order valence-electron chi connectivity index (χ1n) is 10.6. The smallest absolute Gasteiger partial charge is 0.286 e. The van der Waals surface area contributed by atoms with Crippen LogP contribution in [0.5, 0.6) is 0 Å². The van der Waals surface area contributed by atoms with Gasteiger partial charge in [0.05, 0.1) is 18.0 Å². The molecule has 1 aromatic heterocycles. The van der Waals surface area contributed by atoms with Crippen molar-refractivity contribution in [3.8, 4) is 5.69 Å². The van der Waals surface area contributed by atoms with Crippen molar-refractivity contribution < 1.29 is 4.74 Å². The number of hydrogen-bond acceptors (Lipinski definition) is 3. The maximum Gasteiger partial charge on any atom is 0.286 e. The van der Waals surface area contributed by atoms with Crippen molar-refractivity contribution >= 4 is 27.5 Å². The molecule has 1 aliphatic rings. The van der Waals surface area contributed by atoms with E-state index in [9.17, 15) is 4.79 Å². The van der Waals surface area contributed by atoms with Gasteiger partial charge in [0.1, 0.15) is 4.47 Å². The van der Waals surface area contributed by atoms with E-state index in [-0.39, 0.29) is 5.56 Å². The van der Waals surface area contributed by atoms with Gasteiger partial charge in [-0.1, -0.05) is 41.9 Å². The Bertz CT molecular complexity index is 1070. The fourth-order valence-corrected chi connectivity index (χ4v) is 4.90. The van der Waals surface area contributed by atoms with E-state index in [0.29, 0.717) is 17.0 Å². The summed E-state index contributed by atoms with van der Waals surface area (Å²) in [6.45, 7) is 4.13. The number of ether oxygens (including phenoxy) is 1. The molecule has 1 aliphatic heterocycles. The molecule has 0 radical (unpaired) electrons. The first kappa shape index (κ1) is 22.3. The van der Waals surface area contributed by atoms with Crippen LogP contribution in [0.3, 0.4) is 0 Å². The Balaban J connectivity index is 1.32. The zero-order valence-corrected chi connectivity index (χ0v) is 20.0. The molecule has 164 valence electrons. The van der Waals surface area contributed by atoms with Crippen molar-refractivity contribution in [2.24, 2.45) is 13.0 Å². The molecule has 0 N–H and O–H groups in total. The molecule has 1 fully saturated rings. The van der Waals surface area contributed by atoms with Crippen LogP contribution in [0.15, 0.2) is 63.9 Å². The van der Waals surface area contributed by atoms with E-state index < -0.39 is 0 Å². The van der Waals surface area contributed by atoms with Crippen molar-refractivity contribution in [3.63, 3.8) is 0 Å². The predicted octanol–water partition coefficient (Wildman–Crippen LogP) is 5.02. The molecular formula is C24H27BrClN3O2. The summed E-state index contributed by atoms with van der Waals surface area (Å²) in [6, 6.07) is 17.6. The number of piperidine rings is 1. The van der Waals surface area contributed by atoms with E-state index in [4.69, 9.17) is 16.3 Å². The summed E-state index contributed by atoms with van der Waals surface area (Å²) in [7, 11) is 1.95. The Kier molecular flexibility index (Phi) is 7.33. The van der Waals surface area contributed by atoms with Crippen molar-refractivity contribution in [2.75, 3.05) is 19.7 Å². The van der Waals surface area contributed by atoms with Gasteiger partial charge in [0.25, 0.3) is 5.56 Å². The van der Waals surface area contributed by atoms with E-state index in [2.05, 4.69) is 20.8 Å². The van der Waals surface area contributed by atoms with Crippen LogP contribution in [0.1, 0.15) is 24.1 Å². The molecule has 0 amide bonds. The number of likely N-dealkylation sites (tertiary alicyclic amines) is 1. The summed E-state index contributed by atoms with van der Waals surface area (Å²) in [5.74, 6) is 0.566. The van der Waals surface area contributed by atoms with Crippen molar-refractivity contribution in [1.82, 2.24) is 14.3 Å². The van der Waals surface area contributed by atoms with Crippen molar-refractivity contribution in [2.45, 2.75) is 26.0 Å². The van der Waals surface area contributed by atoms with Gasteiger partial charge in [0.15, 0.2) is 0 Å². The lowest BCUT2D eigenvalue weighted by Crippen LogP contribution is -2.35. The van der Waals surface area contributed by atoms with Crippen LogP contribution in [-0.4, -0.2) is 34.0 Å². The molecular weight excluding hydrogens is 478 g/mol. The number of rotatable bonds is 7. The quantitative estimate of drug-likeness (QED) is 0.453. The molecule has 0 saturated carbocycles. The van der Waals surface area contributed by atoms with Crippen LogP contribution >= 0.6 is 27.5 Å². The number of hydrogen-bond donors (Lipinski definition) is 0. The van der Waals surface area contributed by atoms with Crippen LogP contribution in [0.4, 0.5) is 0 Å². The normalized spacial score (nSPS) is 15.5. The van der Waals surface area contributed by atoms with Crippen molar-refractivity contribution in [1.29, 1.82) is 0 Å². The van der Waals surface area contributed by atoms with Gasteiger partial charge < -0.3 is 4.74 Å². The minimum absolute atomic E-state index is 0.0204. The predicted molar refractivity (Wildman–Crippen MR) is 128 cm³/mol. The monoisotopic (exact) mass is 503 g/mol. The molecule has 0 aliphatic carbocycles. The second-order valence-electron chi connectivity index (χ2n) is 8.10. The number of benzene rings is 2. The number of para-hydroxylation sites is 1. The van der Waals surface area contributed by atoms with Gasteiger partial charge in [-0.2, -0.15) is 0 Å². The highest BCUT2D eigenvalue weighted by atomic mass is 79.9. The van der Waals surface area contributed by atoms with E-state index in [0.717, 1.165) is 61.1 Å². The maximum atomic E-state index is 12.8. The SMILES string of the molecule is Cn1c(CN2CCC(COCc3cccc(Cl)c3)CC2)c(Br)c(=O)n1-c1ccccc1. The van der Waals surface area contributed by atoms with Gasteiger partial charge in [-0.05, 0) is 77.6 Å². The van der Waals surface area contributed by atoms with Gasteiger partial charge in [0.2, 0.25) is 0 Å². The molecule has 0 unspecified atom stereocenters. The molecule has 2 aromatic carbocycles. The summed E-state index contributed by atoms with van der Waals surface area (Å²) in [5.41, 5.74) is 2.97.